The summed E-state index contributed by atoms with van der Waals surface area (Å²) in [4.78, 5) is 26.2. The van der Waals surface area contributed by atoms with Crippen LogP contribution in [0.2, 0.25) is 0 Å². The Labute approximate surface area is 142 Å². The number of H-pyrrole nitrogens is 1. The Balaban J connectivity index is 2.10. The Hall–Kier alpha value is -1.56. The summed E-state index contributed by atoms with van der Waals surface area (Å²) in [5, 5.41) is 39.3. The molecular formula is C15H22N2O8. The van der Waals surface area contributed by atoms with E-state index >= 15 is 0 Å². The molecule has 5 N–H and O–H groups in total. The van der Waals surface area contributed by atoms with Gasteiger partial charge in [0, 0.05) is 24.6 Å². The number of nitrogens with one attached hydrogen (secondary N) is 1. The summed E-state index contributed by atoms with van der Waals surface area (Å²) in [7, 11) is 0. The van der Waals surface area contributed by atoms with Gasteiger partial charge in [0.1, 0.15) is 18.3 Å². The number of ether oxygens (including phenoxy) is 2. The molecule has 2 aliphatic rings. The molecule has 10 nitrogen and oxygen atoms in total. The van der Waals surface area contributed by atoms with Crippen LogP contribution in [0.25, 0.3) is 0 Å². The maximum Gasteiger partial charge on any atom is 0.330 e. The predicted molar refractivity (Wildman–Crippen MR) is 83.0 cm³/mol. The highest BCUT2D eigenvalue weighted by Gasteiger charge is 2.55. The van der Waals surface area contributed by atoms with Gasteiger partial charge in [-0.1, -0.05) is 0 Å². The number of aliphatic hydroxyl groups is 4. The number of aryl methyl sites for hydroxylation is 1. The van der Waals surface area contributed by atoms with Crippen molar-refractivity contribution in [2.24, 2.45) is 0 Å². The Morgan fingerprint density at radius 1 is 1.28 bits per heavy atom. The molecule has 1 aromatic heterocycles. The molecule has 0 aromatic carbocycles. The second-order valence-electron chi connectivity index (χ2n) is 6.59. The van der Waals surface area contributed by atoms with E-state index in [1.165, 1.54) is 13.1 Å². The summed E-state index contributed by atoms with van der Waals surface area (Å²) in [6.07, 6.45) is -3.89. The van der Waals surface area contributed by atoms with Crippen LogP contribution in [0.1, 0.15) is 18.4 Å². The molecule has 1 aromatic rings. The number of aromatic amines is 1. The first-order valence-corrected chi connectivity index (χ1v) is 8.06. The summed E-state index contributed by atoms with van der Waals surface area (Å²) in [6, 6.07) is 0. The number of nitrogens with zero attached hydrogens (tertiary/aromatic N) is 1. The van der Waals surface area contributed by atoms with Crippen molar-refractivity contribution >= 4 is 0 Å². The van der Waals surface area contributed by atoms with Crippen molar-refractivity contribution in [2.45, 2.75) is 56.0 Å². The molecule has 0 aliphatic carbocycles. The highest BCUT2D eigenvalue weighted by Crippen LogP contribution is 2.41. The van der Waals surface area contributed by atoms with Crippen LogP contribution in [0, 0.1) is 6.92 Å². The van der Waals surface area contributed by atoms with Crippen molar-refractivity contribution in [1.29, 1.82) is 0 Å². The smallest absolute Gasteiger partial charge is 0.330 e. The van der Waals surface area contributed by atoms with Crippen LogP contribution >= 0.6 is 0 Å². The molecule has 10 heteroatoms. The molecule has 3 rings (SSSR count). The van der Waals surface area contributed by atoms with Crippen molar-refractivity contribution in [3.8, 4) is 0 Å². The lowest BCUT2D eigenvalue weighted by molar-refractivity contribution is -0.233. The van der Waals surface area contributed by atoms with E-state index in [1.807, 2.05) is 0 Å². The molecule has 25 heavy (non-hydrogen) atoms. The topological polar surface area (TPSA) is 154 Å². The summed E-state index contributed by atoms with van der Waals surface area (Å²) in [6.45, 7) is 0.865. The zero-order valence-electron chi connectivity index (χ0n) is 13.7. The molecule has 0 spiro atoms. The normalized spacial score (nSPS) is 38.8. The van der Waals surface area contributed by atoms with Crippen molar-refractivity contribution < 1.29 is 29.9 Å². The SMILES string of the molecule is Cc1cn([C@@]2(C3C[C@@H](O)[C@H](O)CO3)C[C@H](O)[C@@H](CO)O2)c(=O)[nH]c1=O. The van der Waals surface area contributed by atoms with Gasteiger partial charge in [0.05, 0.1) is 25.4 Å². The fourth-order valence-electron chi connectivity index (χ4n) is 3.43. The van der Waals surface area contributed by atoms with E-state index in [2.05, 4.69) is 4.98 Å². The number of hydrogen-bond donors (Lipinski definition) is 5. The zero-order chi connectivity index (χ0) is 18.4. The Morgan fingerprint density at radius 3 is 2.60 bits per heavy atom. The fourth-order valence-corrected chi connectivity index (χ4v) is 3.43. The fraction of sp³-hybridized carbons (Fsp3) is 0.733. The third kappa shape index (κ3) is 3.05. The molecule has 2 saturated heterocycles. The summed E-state index contributed by atoms with van der Waals surface area (Å²) in [5.41, 5.74) is -2.58. The summed E-state index contributed by atoms with van der Waals surface area (Å²) >= 11 is 0. The number of hydrogen-bond acceptors (Lipinski definition) is 8. The Kier molecular flexibility index (Phi) is 4.84. The van der Waals surface area contributed by atoms with Crippen LogP contribution in [-0.4, -0.2) is 73.7 Å². The number of aromatic nitrogens is 2. The predicted octanol–water partition coefficient (Wildman–Crippen LogP) is -2.85. The van der Waals surface area contributed by atoms with E-state index in [4.69, 9.17) is 9.47 Å². The Bertz CT molecular complexity index is 746. The van der Waals surface area contributed by atoms with Gasteiger partial charge < -0.3 is 29.9 Å². The van der Waals surface area contributed by atoms with Crippen LogP contribution in [0.15, 0.2) is 15.8 Å². The van der Waals surface area contributed by atoms with Gasteiger partial charge in [-0.25, -0.2) is 4.79 Å². The first-order chi connectivity index (χ1) is 11.8. The second-order valence-corrected chi connectivity index (χ2v) is 6.59. The molecule has 140 valence electrons. The van der Waals surface area contributed by atoms with E-state index in [1.54, 1.807) is 0 Å². The van der Waals surface area contributed by atoms with Crippen LogP contribution in [0.4, 0.5) is 0 Å². The Morgan fingerprint density at radius 2 is 2.00 bits per heavy atom. The zero-order valence-corrected chi connectivity index (χ0v) is 13.7. The van der Waals surface area contributed by atoms with E-state index in [0.29, 0.717) is 0 Å². The van der Waals surface area contributed by atoms with Gasteiger partial charge >= 0.3 is 5.69 Å². The third-order valence-electron chi connectivity index (χ3n) is 4.87. The molecule has 0 saturated carbocycles. The third-order valence-corrected chi connectivity index (χ3v) is 4.87. The molecule has 0 amide bonds. The molecule has 6 atom stereocenters. The molecule has 3 heterocycles. The van der Waals surface area contributed by atoms with E-state index in [9.17, 15) is 30.0 Å². The van der Waals surface area contributed by atoms with Crippen LogP contribution in [-0.2, 0) is 15.2 Å². The second kappa shape index (κ2) is 6.63. The van der Waals surface area contributed by atoms with Crippen LogP contribution in [0.3, 0.4) is 0 Å². The molecule has 2 aliphatic heterocycles. The molecule has 0 bridgehead atoms. The van der Waals surface area contributed by atoms with Gasteiger partial charge in [0.2, 0.25) is 0 Å². The average molecular weight is 358 g/mol. The minimum absolute atomic E-state index is 0.0450. The first-order valence-electron chi connectivity index (χ1n) is 8.06. The van der Waals surface area contributed by atoms with Gasteiger partial charge in [0.15, 0.2) is 5.72 Å². The maximum absolute atomic E-state index is 12.4. The largest absolute Gasteiger partial charge is 0.394 e. The summed E-state index contributed by atoms with van der Waals surface area (Å²) in [5.74, 6) is 0. The van der Waals surface area contributed by atoms with Gasteiger partial charge in [-0.15, -0.1) is 0 Å². The molecule has 2 fully saturated rings. The van der Waals surface area contributed by atoms with Crippen LogP contribution in [0.5, 0.6) is 0 Å². The first kappa shape index (κ1) is 18.2. The van der Waals surface area contributed by atoms with Crippen molar-refractivity contribution in [2.75, 3.05) is 13.2 Å². The highest BCUT2D eigenvalue weighted by molar-refractivity contribution is 5.07. The molecule has 1 unspecified atom stereocenters. The minimum atomic E-state index is -1.53. The van der Waals surface area contributed by atoms with E-state index < -0.39 is 54.1 Å². The highest BCUT2D eigenvalue weighted by atomic mass is 16.6. The molecular weight excluding hydrogens is 336 g/mol. The standard InChI is InChI=1S/C15H22N2O8/c1-7-4-17(14(23)16-13(7)22)15(3-9(20)11(5-18)25-15)12-2-8(19)10(21)6-24-12/h4,8-12,18-21H,2-3,5-6H2,1H3,(H,16,22,23)/t8-,9+,10-,11-,12?,15+/m1/s1. The lowest BCUT2D eigenvalue weighted by atomic mass is 9.92. The lowest BCUT2D eigenvalue weighted by Gasteiger charge is -2.42. The van der Waals surface area contributed by atoms with Crippen molar-refractivity contribution in [1.82, 2.24) is 9.55 Å². The maximum atomic E-state index is 12.4. The van der Waals surface area contributed by atoms with E-state index in [-0.39, 0.29) is 25.0 Å². The van der Waals surface area contributed by atoms with Gasteiger partial charge in [-0.3, -0.25) is 14.3 Å². The number of aliphatic hydroxyl groups excluding tert-OH is 4. The monoisotopic (exact) mass is 358 g/mol. The average Bonchev–Trinajstić information content (AvgIpc) is 2.91. The van der Waals surface area contributed by atoms with E-state index in [0.717, 1.165) is 4.57 Å². The summed E-state index contributed by atoms with van der Waals surface area (Å²) < 4.78 is 12.5. The van der Waals surface area contributed by atoms with Gasteiger partial charge in [-0.2, -0.15) is 0 Å². The van der Waals surface area contributed by atoms with Crippen molar-refractivity contribution in [3.63, 3.8) is 0 Å². The lowest BCUT2D eigenvalue weighted by Crippen LogP contribution is -2.57. The van der Waals surface area contributed by atoms with Gasteiger partial charge in [0.25, 0.3) is 5.56 Å². The quantitative estimate of drug-likeness (QED) is 0.387. The number of rotatable bonds is 3. The minimum Gasteiger partial charge on any atom is -0.394 e. The van der Waals surface area contributed by atoms with Crippen molar-refractivity contribution in [3.05, 3.63) is 32.6 Å². The van der Waals surface area contributed by atoms with Crippen LogP contribution < -0.4 is 11.2 Å². The molecule has 0 radical (unpaired) electrons. The van der Waals surface area contributed by atoms with Gasteiger partial charge in [-0.05, 0) is 6.92 Å².